The van der Waals surface area contributed by atoms with Crippen LogP contribution in [0.2, 0.25) is 0 Å². The first-order valence-electron chi connectivity index (χ1n) is 27.0. The number of aliphatic hydroxyl groups excluding tert-OH is 3. The van der Waals surface area contributed by atoms with Crippen LogP contribution in [0, 0.1) is 23.2 Å². The van der Waals surface area contributed by atoms with Crippen LogP contribution in [0.5, 0.6) is 17.2 Å². The zero-order valence-corrected chi connectivity index (χ0v) is 47.9. The Morgan fingerprint density at radius 2 is 0.704 bits per heavy atom. The minimum absolute atomic E-state index is 0.0551. The molecule has 9 nitrogen and oxygen atoms in total. The maximum absolute atomic E-state index is 9.45. The quantitative estimate of drug-likeness (QED) is 0.0513. The molecule has 3 aromatic carbocycles. The van der Waals surface area contributed by atoms with Gasteiger partial charge in [0.2, 0.25) is 0 Å². The fourth-order valence-electron chi connectivity index (χ4n) is 10.9. The lowest BCUT2D eigenvalue weighted by molar-refractivity contribution is 0.0875. The molecule has 0 fully saturated rings. The topological polar surface area (TPSA) is 116 Å². The zero-order valence-electron chi connectivity index (χ0n) is 47.9. The number of ether oxygens (including phenoxy) is 6. The highest BCUT2D eigenvalue weighted by molar-refractivity contribution is 5.51. The fraction of sp³-hybridized carbons (Fsp3) is 0.710. The first kappa shape index (κ1) is 62.1. The van der Waals surface area contributed by atoms with Crippen molar-refractivity contribution in [3.05, 3.63) is 87.0 Å². The average molecular weight is 991 g/mol. The number of aliphatic hydroxyl groups is 3. The minimum atomic E-state index is -0.132. The molecule has 0 aliphatic rings. The van der Waals surface area contributed by atoms with Gasteiger partial charge in [0.25, 0.3) is 0 Å². The van der Waals surface area contributed by atoms with Crippen molar-refractivity contribution in [1.82, 2.24) is 0 Å². The van der Waals surface area contributed by atoms with Crippen molar-refractivity contribution in [2.75, 3.05) is 79.3 Å². The second kappa shape index (κ2) is 28.5. The van der Waals surface area contributed by atoms with Crippen LogP contribution >= 0.6 is 0 Å². The van der Waals surface area contributed by atoms with E-state index in [2.05, 4.69) is 153 Å². The smallest absolute Gasteiger partial charge is 0.125 e. The van der Waals surface area contributed by atoms with Crippen molar-refractivity contribution < 1.29 is 43.7 Å². The summed E-state index contributed by atoms with van der Waals surface area (Å²) in [6, 6.07) is 16.3. The molecule has 0 aromatic heterocycles. The average Bonchev–Trinajstić information content (AvgIpc) is 3.24. The minimum Gasteiger partial charge on any atom is -0.491 e. The fourth-order valence-corrected chi connectivity index (χ4v) is 10.9. The summed E-state index contributed by atoms with van der Waals surface area (Å²) in [6.07, 6.45) is 7.83. The maximum atomic E-state index is 9.45. The highest BCUT2D eigenvalue weighted by Gasteiger charge is 2.32. The van der Waals surface area contributed by atoms with Crippen molar-refractivity contribution in [2.45, 2.75) is 191 Å². The van der Waals surface area contributed by atoms with Crippen molar-refractivity contribution in [3.8, 4) is 17.2 Å². The van der Waals surface area contributed by atoms with Crippen molar-refractivity contribution in [2.24, 2.45) is 16.2 Å². The van der Waals surface area contributed by atoms with E-state index in [4.69, 9.17) is 28.4 Å². The largest absolute Gasteiger partial charge is 0.491 e. The Bertz CT molecular complexity index is 2010. The van der Waals surface area contributed by atoms with E-state index in [1.807, 2.05) is 0 Å². The molecule has 9 heteroatoms. The molecule has 0 saturated heterocycles. The van der Waals surface area contributed by atoms with Gasteiger partial charge >= 0.3 is 0 Å². The van der Waals surface area contributed by atoms with Crippen LogP contribution in [0.4, 0.5) is 0 Å². The van der Waals surface area contributed by atoms with E-state index in [1.165, 1.54) is 33.4 Å². The molecule has 0 spiro atoms. The molecule has 3 aromatic rings. The van der Waals surface area contributed by atoms with E-state index in [-0.39, 0.29) is 52.3 Å². The lowest BCUT2D eigenvalue weighted by atomic mass is 9.71. The summed E-state index contributed by atoms with van der Waals surface area (Å²) in [4.78, 5) is 0. The van der Waals surface area contributed by atoms with Crippen LogP contribution in [0.3, 0.4) is 0 Å². The van der Waals surface area contributed by atoms with E-state index >= 15 is 0 Å². The Hall–Kier alpha value is -3.18. The molecule has 0 atom stereocenters. The van der Waals surface area contributed by atoms with E-state index in [0.717, 1.165) is 73.3 Å². The van der Waals surface area contributed by atoms with E-state index < -0.39 is 0 Å². The summed E-state index contributed by atoms with van der Waals surface area (Å²) in [6.45, 7) is 41.6. The molecule has 0 unspecified atom stereocenters. The third kappa shape index (κ3) is 22.5. The Morgan fingerprint density at radius 1 is 0.366 bits per heavy atom. The first-order chi connectivity index (χ1) is 33.1. The molecule has 0 heterocycles. The highest BCUT2D eigenvalue weighted by atomic mass is 16.5. The molecule has 3 rings (SSSR count). The summed E-state index contributed by atoms with van der Waals surface area (Å²) in [7, 11) is 0. The van der Waals surface area contributed by atoms with Gasteiger partial charge in [0.1, 0.15) is 37.1 Å². The molecule has 0 aliphatic carbocycles. The molecular formula is C62H102O9. The Morgan fingerprint density at radius 3 is 1.11 bits per heavy atom. The second-order valence-electron chi connectivity index (χ2n) is 25.7. The number of hydrogen-bond acceptors (Lipinski definition) is 9. The third-order valence-electron chi connectivity index (χ3n) is 13.0. The number of aryl methyl sites for hydroxylation is 5. The van der Waals surface area contributed by atoms with Crippen LogP contribution in [0.25, 0.3) is 0 Å². The Labute approximate surface area is 433 Å². The molecule has 0 aliphatic heterocycles. The SMILES string of the molecule is Cc1cc(C(C)(C)CC(C)(C)C)cc(CCc2cc(C(C)(C)CC(C)(C)C)cc(CCc3cc(C(C)(C)CC(C)(C)C)ccc3OCCOCCCO)c2OCCOCCCO)c1OCCOCCCO. The van der Waals surface area contributed by atoms with Gasteiger partial charge in [0, 0.05) is 39.6 Å². The van der Waals surface area contributed by atoms with Crippen molar-refractivity contribution >= 4 is 0 Å². The lowest BCUT2D eigenvalue weighted by Gasteiger charge is -2.34. The van der Waals surface area contributed by atoms with Crippen LogP contribution in [0.15, 0.2) is 42.5 Å². The molecule has 404 valence electrons. The van der Waals surface area contributed by atoms with Gasteiger partial charge in [-0.15, -0.1) is 0 Å². The molecule has 0 amide bonds. The van der Waals surface area contributed by atoms with Crippen molar-refractivity contribution in [1.29, 1.82) is 0 Å². The van der Waals surface area contributed by atoms with Gasteiger partial charge < -0.3 is 43.7 Å². The first-order valence-corrected chi connectivity index (χ1v) is 27.0. The standard InChI is InChI=1S/C62H102O9/c1-46-38-52(61(13,14)44-58(5,6)7)40-48(55(46)70-36-33-67-30-18-27-64)22-23-50-42-53(62(15,16)45-59(8,9)10)41-49(56(50)71-37-34-68-31-19-28-65)21-20-47-39-51(60(11,12)43-57(2,3)4)24-25-54(47)69-35-32-66-29-17-26-63/h24-25,38-42,63-65H,17-23,26-37,43-45H2,1-16H3. The Balaban J connectivity index is 2.26. The third-order valence-corrected chi connectivity index (χ3v) is 13.0. The monoisotopic (exact) mass is 991 g/mol. The van der Waals surface area contributed by atoms with Crippen LogP contribution in [-0.2, 0) is 56.1 Å². The molecule has 0 bridgehead atoms. The van der Waals surface area contributed by atoms with Gasteiger partial charge in [-0.1, -0.05) is 140 Å². The van der Waals surface area contributed by atoms with Crippen molar-refractivity contribution in [3.63, 3.8) is 0 Å². The van der Waals surface area contributed by atoms with E-state index in [1.54, 1.807) is 0 Å². The van der Waals surface area contributed by atoms with E-state index in [9.17, 15) is 15.3 Å². The number of benzene rings is 3. The van der Waals surface area contributed by atoms with Crippen LogP contribution in [0.1, 0.15) is 187 Å². The van der Waals surface area contributed by atoms with Gasteiger partial charge in [-0.25, -0.2) is 0 Å². The van der Waals surface area contributed by atoms with Gasteiger partial charge in [-0.05, 0) is 154 Å². The Kier molecular flexibility index (Phi) is 24.9. The van der Waals surface area contributed by atoms with Gasteiger partial charge in [0.15, 0.2) is 0 Å². The summed E-state index contributed by atoms with van der Waals surface area (Å²) >= 11 is 0. The maximum Gasteiger partial charge on any atom is 0.125 e. The number of rotatable bonds is 33. The van der Waals surface area contributed by atoms with E-state index in [0.29, 0.717) is 78.7 Å². The van der Waals surface area contributed by atoms with Crippen LogP contribution in [-0.4, -0.2) is 94.6 Å². The summed E-state index contributed by atoms with van der Waals surface area (Å²) in [5.74, 6) is 2.69. The second-order valence-corrected chi connectivity index (χ2v) is 25.7. The summed E-state index contributed by atoms with van der Waals surface area (Å²) < 4.78 is 37.6. The molecule has 71 heavy (non-hydrogen) atoms. The van der Waals surface area contributed by atoms with Gasteiger partial charge in [-0.2, -0.15) is 0 Å². The zero-order chi connectivity index (χ0) is 53.1. The number of hydrogen-bond donors (Lipinski definition) is 3. The highest BCUT2D eigenvalue weighted by Crippen LogP contribution is 2.43. The summed E-state index contributed by atoms with van der Waals surface area (Å²) in [5.41, 5.74) is 9.85. The molecular weight excluding hydrogens is 889 g/mol. The van der Waals surface area contributed by atoms with Crippen LogP contribution < -0.4 is 14.2 Å². The van der Waals surface area contributed by atoms with Gasteiger partial charge in [0.05, 0.1) is 19.8 Å². The summed E-state index contributed by atoms with van der Waals surface area (Å²) in [5, 5.41) is 28.0. The predicted octanol–water partition coefficient (Wildman–Crippen LogP) is 13.0. The normalized spacial score (nSPS) is 13.0. The van der Waals surface area contributed by atoms with Gasteiger partial charge in [-0.3, -0.25) is 0 Å². The predicted molar refractivity (Wildman–Crippen MR) is 294 cm³/mol. The molecule has 3 N–H and O–H groups in total. The molecule has 0 saturated carbocycles. The lowest BCUT2D eigenvalue weighted by Crippen LogP contribution is -2.26. The molecule has 0 radical (unpaired) electrons.